The van der Waals surface area contributed by atoms with Gasteiger partial charge in [0.05, 0.1) is 0 Å². The van der Waals surface area contributed by atoms with E-state index in [-0.39, 0.29) is 0 Å². The van der Waals surface area contributed by atoms with Gasteiger partial charge in [-0.15, -0.1) is 0 Å². The van der Waals surface area contributed by atoms with Crippen molar-refractivity contribution in [3.63, 3.8) is 0 Å². The van der Waals surface area contributed by atoms with Crippen molar-refractivity contribution in [1.82, 2.24) is 5.32 Å². The van der Waals surface area contributed by atoms with E-state index in [2.05, 4.69) is 24.2 Å². The number of amidine groups is 1. The minimum atomic E-state index is 0.576. The second kappa shape index (κ2) is 2.51. The monoisotopic (exact) mass is 165 g/mol. The summed E-state index contributed by atoms with van der Waals surface area (Å²) in [5.74, 6) is 1.95. The van der Waals surface area contributed by atoms with E-state index < -0.39 is 0 Å². The molecule has 0 saturated carbocycles. The van der Waals surface area contributed by atoms with Gasteiger partial charge in [-0.05, 0) is 18.3 Å². The lowest BCUT2D eigenvalue weighted by Gasteiger charge is -2.18. The predicted octanol–water partition coefficient (Wildman–Crippen LogP) is 0.834. The van der Waals surface area contributed by atoms with Crippen molar-refractivity contribution in [2.24, 2.45) is 22.6 Å². The molecule has 2 rings (SSSR count). The van der Waals surface area contributed by atoms with Crippen molar-refractivity contribution in [2.75, 3.05) is 6.67 Å². The van der Waals surface area contributed by atoms with Gasteiger partial charge in [0, 0.05) is 11.3 Å². The number of hydrogen-bond acceptors (Lipinski definition) is 3. The molecule has 2 atom stereocenters. The topological polar surface area (TPSA) is 50.4 Å². The van der Waals surface area contributed by atoms with Crippen LogP contribution in [0, 0.1) is 11.8 Å². The van der Waals surface area contributed by atoms with Crippen LogP contribution in [0.15, 0.2) is 16.3 Å². The van der Waals surface area contributed by atoms with Crippen molar-refractivity contribution in [2.45, 2.75) is 20.3 Å². The van der Waals surface area contributed by atoms with Gasteiger partial charge in [-0.2, -0.15) is 0 Å². The lowest BCUT2D eigenvalue weighted by Crippen LogP contribution is -2.30. The van der Waals surface area contributed by atoms with Crippen molar-refractivity contribution < 1.29 is 0 Å². The van der Waals surface area contributed by atoms with Gasteiger partial charge in [-0.25, -0.2) is 4.99 Å². The zero-order valence-corrected chi connectivity index (χ0v) is 7.59. The van der Waals surface area contributed by atoms with Gasteiger partial charge in [0.2, 0.25) is 0 Å². The Balaban J connectivity index is 2.40. The number of nitrogens with two attached hydrogens (primary N) is 1. The number of nitrogens with zero attached hydrogens (tertiary/aromatic N) is 1. The number of allylic oxidation sites excluding steroid dienone is 1. The third-order valence-electron chi connectivity index (χ3n) is 2.78. The highest BCUT2D eigenvalue weighted by Crippen LogP contribution is 2.35. The lowest BCUT2D eigenvalue weighted by atomic mass is 10.0. The van der Waals surface area contributed by atoms with Gasteiger partial charge in [-0.1, -0.05) is 13.8 Å². The molecule has 0 fully saturated rings. The van der Waals surface area contributed by atoms with E-state index in [0.29, 0.717) is 18.5 Å². The summed E-state index contributed by atoms with van der Waals surface area (Å²) in [6.07, 6.45) is 1.20. The first kappa shape index (κ1) is 7.65. The average Bonchev–Trinajstić information content (AvgIpc) is 2.29. The molecule has 66 valence electrons. The SMILES string of the molecule is CC1C[C@@H](C)C2=C1NCN=C2N. The van der Waals surface area contributed by atoms with E-state index >= 15 is 0 Å². The van der Waals surface area contributed by atoms with E-state index in [0.717, 1.165) is 5.84 Å². The van der Waals surface area contributed by atoms with Crippen LogP contribution in [-0.4, -0.2) is 12.5 Å². The minimum Gasteiger partial charge on any atom is -0.384 e. The van der Waals surface area contributed by atoms with Crippen LogP contribution in [-0.2, 0) is 0 Å². The molecule has 0 aromatic carbocycles. The van der Waals surface area contributed by atoms with E-state index in [1.54, 1.807) is 0 Å². The highest BCUT2D eigenvalue weighted by Gasteiger charge is 2.31. The zero-order chi connectivity index (χ0) is 8.72. The molecule has 2 aliphatic rings. The van der Waals surface area contributed by atoms with Gasteiger partial charge in [0.15, 0.2) is 0 Å². The Labute approximate surface area is 72.7 Å². The van der Waals surface area contributed by atoms with Gasteiger partial charge >= 0.3 is 0 Å². The highest BCUT2D eigenvalue weighted by atomic mass is 15.1. The summed E-state index contributed by atoms with van der Waals surface area (Å²) in [4.78, 5) is 4.18. The van der Waals surface area contributed by atoms with Crippen LogP contribution >= 0.6 is 0 Å². The van der Waals surface area contributed by atoms with Gasteiger partial charge in [0.25, 0.3) is 0 Å². The maximum Gasteiger partial charge on any atom is 0.125 e. The van der Waals surface area contributed by atoms with Gasteiger partial charge in [0.1, 0.15) is 12.5 Å². The Morgan fingerprint density at radius 1 is 1.42 bits per heavy atom. The summed E-state index contributed by atoms with van der Waals surface area (Å²) in [6, 6.07) is 0. The number of hydrogen-bond donors (Lipinski definition) is 2. The minimum absolute atomic E-state index is 0.576. The summed E-state index contributed by atoms with van der Waals surface area (Å²) in [7, 11) is 0. The quantitative estimate of drug-likeness (QED) is 0.558. The van der Waals surface area contributed by atoms with E-state index in [1.807, 2.05) is 0 Å². The Morgan fingerprint density at radius 2 is 2.17 bits per heavy atom. The summed E-state index contributed by atoms with van der Waals surface area (Å²) in [5, 5.41) is 3.30. The first-order chi connectivity index (χ1) is 5.70. The molecule has 1 unspecified atom stereocenters. The first-order valence-electron chi connectivity index (χ1n) is 4.48. The second-order valence-corrected chi connectivity index (χ2v) is 3.74. The molecule has 0 aromatic heterocycles. The lowest BCUT2D eigenvalue weighted by molar-refractivity contribution is 0.554. The number of aliphatic imine (C=N–C) groups is 1. The fourth-order valence-electron chi connectivity index (χ4n) is 2.25. The van der Waals surface area contributed by atoms with Crippen LogP contribution in [0.5, 0.6) is 0 Å². The van der Waals surface area contributed by atoms with Gasteiger partial charge < -0.3 is 11.1 Å². The van der Waals surface area contributed by atoms with Gasteiger partial charge in [-0.3, -0.25) is 0 Å². The zero-order valence-electron chi connectivity index (χ0n) is 7.59. The molecule has 3 N–H and O–H groups in total. The van der Waals surface area contributed by atoms with Crippen molar-refractivity contribution in [1.29, 1.82) is 0 Å². The fraction of sp³-hybridized carbons (Fsp3) is 0.667. The standard InChI is InChI=1S/C9H15N3/c1-5-3-6(2)8-7(5)9(10)12-4-11-8/h5-6,11H,3-4H2,1-2H3,(H2,10,12)/t5-,6?/m1/s1. The predicted molar refractivity (Wildman–Crippen MR) is 49.6 cm³/mol. The molecule has 1 aliphatic heterocycles. The Morgan fingerprint density at radius 3 is 2.83 bits per heavy atom. The van der Waals surface area contributed by atoms with E-state index in [9.17, 15) is 0 Å². The highest BCUT2D eigenvalue weighted by molar-refractivity contribution is 5.99. The Kier molecular flexibility index (Phi) is 1.60. The Hall–Kier alpha value is -0.990. The summed E-state index contributed by atoms with van der Waals surface area (Å²) in [6.45, 7) is 5.11. The first-order valence-corrected chi connectivity index (χ1v) is 4.48. The molecule has 0 amide bonds. The Bertz CT molecular complexity index is 265. The van der Waals surface area contributed by atoms with Crippen LogP contribution in [0.2, 0.25) is 0 Å². The molecule has 0 spiro atoms. The van der Waals surface area contributed by atoms with Crippen LogP contribution in [0.4, 0.5) is 0 Å². The molecule has 0 saturated heterocycles. The van der Waals surface area contributed by atoms with Crippen LogP contribution in [0.25, 0.3) is 0 Å². The van der Waals surface area contributed by atoms with E-state index in [1.165, 1.54) is 17.7 Å². The third-order valence-corrected chi connectivity index (χ3v) is 2.78. The largest absolute Gasteiger partial charge is 0.384 e. The van der Waals surface area contributed by atoms with Crippen LogP contribution in [0.1, 0.15) is 20.3 Å². The van der Waals surface area contributed by atoms with Crippen LogP contribution in [0.3, 0.4) is 0 Å². The molecule has 3 heteroatoms. The summed E-state index contributed by atoms with van der Waals surface area (Å²) < 4.78 is 0. The van der Waals surface area contributed by atoms with E-state index in [4.69, 9.17) is 5.73 Å². The molecule has 0 radical (unpaired) electrons. The smallest absolute Gasteiger partial charge is 0.125 e. The van der Waals surface area contributed by atoms with Crippen molar-refractivity contribution >= 4 is 5.84 Å². The summed E-state index contributed by atoms with van der Waals surface area (Å²) >= 11 is 0. The number of nitrogens with one attached hydrogen (secondary N) is 1. The second-order valence-electron chi connectivity index (χ2n) is 3.74. The third kappa shape index (κ3) is 0.924. The fourth-order valence-corrected chi connectivity index (χ4v) is 2.25. The van der Waals surface area contributed by atoms with Crippen LogP contribution < -0.4 is 11.1 Å². The molecular formula is C9H15N3. The molecule has 1 heterocycles. The molecule has 3 nitrogen and oxygen atoms in total. The summed E-state index contributed by atoms with van der Waals surface area (Å²) in [5.41, 5.74) is 8.41. The normalized spacial score (nSPS) is 34.3. The molecule has 0 aromatic rings. The maximum atomic E-state index is 5.82. The number of rotatable bonds is 0. The molecule has 1 aliphatic carbocycles. The molecule has 0 bridgehead atoms. The van der Waals surface area contributed by atoms with Crippen molar-refractivity contribution in [3.05, 3.63) is 11.3 Å². The molecular weight excluding hydrogens is 150 g/mol. The average molecular weight is 165 g/mol. The van der Waals surface area contributed by atoms with Crippen molar-refractivity contribution in [3.8, 4) is 0 Å². The maximum absolute atomic E-state index is 5.82. The molecule has 12 heavy (non-hydrogen) atoms.